The van der Waals surface area contributed by atoms with E-state index < -0.39 is 53.5 Å². The monoisotopic (exact) mass is 1260 g/mol. The van der Waals surface area contributed by atoms with E-state index in [1.807, 2.05) is 4.90 Å². The van der Waals surface area contributed by atoms with Gasteiger partial charge in [-0.15, -0.1) is 0 Å². The van der Waals surface area contributed by atoms with Gasteiger partial charge in [-0.05, 0) is 122 Å². The fourth-order valence-electron chi connectivity index (χ4n) is 11.0. The van der Waals surface area contributed by atoms with Gasteiger partial charge in [-0.3, -0.25) is 24.5 Å². The first-order chi connectivity index (χ1) is 37.0. The maximum absolute atomic E-state index is 14.0. The van der Waals surface area contributed by atoms with E-state index in [0.717, 1.165) is 47.3 Å². The first kappa shape index (κ1) is 63.8. The van der Waals surface area contributed by atoms with E-state index in [-0.39, 0.29) is 115 Å². The zero-order valence-corrected chi connectivity index (χ0v) is 49.6. The molecule has 0 aromatic heterocycles. The lowest BCUT2D eigenvalue weighted by Gasteiger charge is -2.30. The van der Waals surface area contributed by atoms with Gasteiger partial charge in [0.15, 0.2) is 0 Å². The molecule has 8 aliphatic rings. The molecule has 2 saturated heterocycles. The number of hydrogen-bond acceptors (Lipinski definition) is 12. The Hall–Kier alpha value is -6.42. The van der Waals surface area contributed by atoms with Crippen LogP contribution in [0.15, 0.2) is 72.8 Å². The van der Waals surface area contributed by atoms with Crippen molar-refractivity contribution in [2.45, 2.75) is 87.7 Å². The predicted octanol–water partition coefficient (Wildman–Crippen LogP) is 6.91. The lowest BCUT2D eigenvalue weighted by Crippen LogP contribution is -2.49. The summed E-state index contributed by atoms with van der Waals surface area (Å²) in [6.07, 6.45) is 4.34. The highest BCUT2D eigenvalue weighted by molar-refractivity contribution is 9.09. The van der Waals surface area contributed by atoms with Crippen LogP contribution in [0.4, 0.5) is 39.3 Å². The number of alkyl halides is 1. The first-order valence-electron chi connectivity index (χ1n) is 25.3. The number of imide groups is 2. The Balaban J connectivity index is 0.000000209. The Labute approximate surface area is 501 Å². The van der Waals surface area contributed by atoms with E-state index in [9.17, 15) is 47.1 Å². The minimum Gasteiger partial charge on any atom is -0.491 e. The molecule has 0 radical (unpaired) electrons. The predicted molar refractivity (Wildman–Crippen MR) is 315 cm³/mol. The quantitative estimate of drug-likeness (QED) is 0.119. The summed E-state index contributed by atoms with van der Waals surface area (Å²) in [6.45, 7) is 0.843. The highest BCUT2D eigenvalue weighted by Crippen LogP contribution is 2.47. The van der Waals surface area contributed by atoms with Crippen LogP contribution < -0.4 is 36.1 Å². The standard InChI is InChI=1S/C27H27FN4O6.C14H15BrFNO2.C13H13N3O4.4H2S/c1-29-25(35)30-19-5-6-20-16(11-19)8-9-27(20)24(34)32(26(36)38-27)13-23(33)31-12-17-10-18(28)4-7-22(17)37-14-21(31)15-2-3-15;15-6-14(18)17-7-10-5-11(16)3-4-13(10)19-8-12(17)9-1-2-9;1-14-11(18)15-8-2-3-9-7(6-8)4-5-13(9)10(17)16-12(19)20-13;;;;/h4-7,10-11,15,21H,2-3,8-9,12-14H2,1H3,(H2,29,30,35);3-5,9,12H,1-2,6-8H2;2-3,6H,4-5H2,1H3,(H2,14,15,18)(H,16,17,19);4*1H2/t21-,27+;12-;13-;;;;/m110..../s1. The van der Waals surface area contributed by atoms with E-state index in [4.69, 9.17) is 18.9 Å². The number of ether oxygens (including phenoxy) is 4. The first-order valence-corrected chi connectivity index (χ1v) is 26.5. The molecule has 12 rings (SSSR count). The number of nitrogens with zero attached hydrogens (tertiary/aromatic N) is 3. The van der Waals surface area contributed by atoms with Crippen molar-refractivity contribution in [1.82, 2.24) is 30.7 Å². The van der Waals surface area contributed by atoms with E-state index in [2.05, 4.69) is 42.5 Å². The number of hydrogen-bond donors (Lipinski definition) is 5. The molecule has 81 heavy (non-hydrogen) atoms. The molecular weight excluding hydrogens is 1200 g/mol. The minimum atomic E-state index is -1.49. The number of amides is 10. The molecule has 4 fully saturated rings. The average molecular weight is 1260 g/mol. The fourth-order valence-corrected chi connectivity index (χ4v) is 11.3. The van der Waals surface area contributed by atoms with Gasteiger partial charge in [0.05, 0.1) is 17.4 Å². The summed E-state index contributed by atoms with van der Waals surface area (Å²) in [4.78, 5) is 103. The van der Waals surface area contributed by atoms with Gasteiger partial charge in [-0.1, -0.05) is 28.1 Å². The SMILES string of the molecule is CNC(=O)Nc1ccc2c(c1)CC[C@]21OC(=O)N(CC(=O)N2Cc3cc(F)ccc3OC[C@@H]2C2CC2)C1=O.CNC(=O)Nc1ccc2c(c1)CC[C@]21OC(=O)NC1=O.O=C(CBr)N1Cc2cc(F)ccc2OC[C@@H]1C1CC1.S.S.S.S. The minimum absolute atomic E-state index is 0. The summed E-state index contributed by atoms with van der Waals surface area (Å²) in [6, 6.07) is 18.2. The van der Waals surface area contributed by atoms with Crippen LogP contribution in [-0.2, 0) is 65.8 Å². The molecule has 436 valence electrons. The molecular formula is C54H63BrF2N8O12S4. The average Bonchev–Trinajstić information content (AvgIpc) is 4.51. The molecule has 0 bridgehead atoms. The topological polar surface area (TPSA) is 243 Å². The van der Waals surface area contributed by atoms with E-state index >= 15 is 0 Å². The molecule has 4 aliphatic carbocycles. The summed E-state index contributed by atoms with van der Waals surface area (Å²) < 4.78 is 49.8. The van der Waals surface area contributed by atoms with Gasteiger partial charge in [0, 0.05) is 73.7 Å². The van der Waals surface area contributed by atoms with Gasteiger partial charge in [0.2, 0.25) is 23.0 Å². The summed E-state index contributed by atoms with van der Waals surface area (Å²) in [5.74, 6) is -0.113. The number of carbonyl (C=O) groups is 8. The van der Waals surface area contributed by atoms with Crippen LogP contribution in [0, 0.1) is 23.5 Å². The van der Waals surface area contributed by atoms with Gasteiger partial charge in [0.25, 0.3) is 11.8 Å². The van der Waals surface area contributed by atoms with Crippen LogP contribution >= 0.6 is 69.9 Å². The van der Waals surface area contributed by atoms with E-state index in [0.29, 0.717) is 83.2 Å². The van der Waals surface area contributed by atoms with Crippen molar-refractivity contribution < 1.29 is 66.1 Å². The number of carbonyl (C=O) groups excluding carboxylic acids is 8. The van der Waals surface area contributed by atoms with Gasteiger partial charge < -0.3 is 50.0 Å². The Kier molecular flexibility index (Phi) is 20.6. The van der Waals surface area contributed by atoms with Crippen LogP contribution in [0.5, 0.6) is 11.5 Å². The third-order valence-electron chi connectivity index (χ3n) is 15.2. The van der Waals surface area contributed by atoms with Crippen LogP contribution in [-0.4, -0.2) is 114 Å². The molecule has 5 N–H and O–H groups in total. The van der Waals surface area contributed by atoms with Crippen molar-refractivity contribution in [3.05, 3.63) is 118 Å². The molecule has 4 aromatic carbocycles. The summed E-state index contributed by atoms with van der Waals surface area (Å²) in [5, 5.41) is 12.7. The van der Waals surface area contributed by atoms with Crippen molar-refractivity contribution >= 4 is 129 Å². The van der Waals surface area contributed by atoms with Crippen molar-refractivity contribution in [2.75, 3.05) is 49.8 Å². The number of nitrogens with one attached hydrogen (secondary N) is 5. The Morgan fingerprint density at radius 3 is 1.54 bits per heavy atom. The molecule has 4 aromatic rings. The number of halogens is 3. The van der Waals surface area contributed by atoms with Crippen LogP contribution in [0.25, 0.3) is 0 Å². The molecule has 2 saturated carbocycles. The van der Waals surface area contributed by atoms with Crippen LogP contribution in [0.3, 0.4) is 0 Å². The number of urea groups is 2. The van der Waals surface area contributed by atoms with Gasteiger partial charge in [-0.25, -0.2) is 32.9 Å². The molecule has 10 amide bonds. The molecule has 2 spiro atoms. The van der Waals surface area contributed by atoms with Gasteiger partial charge in [-0.2, -0.15) is 54.0 Å². The highest BCUT2D eigenvalue weighted by atomic mass is 79.9. The Bertz CT molecular complexity index is 3130. The second-order valence-electron chi connectivity index (χ2n) is 20.0. The van der Waals surface area contributed by atoms with Crippen LogP contribution in [0.1, 0.15) is 71.9 Å². The molecule has 4 atom stereocenters. The Morgan fingerprint density at radius 1 is 0.630 bits per heavy atom. The number of aryl methyl sites for hydroxylation is 2. The smallest absolute Gasteiger partial charge is 0.418 e. The summed E-state index contributed by atoms with van der Waals surface area (Å²) in [5.41, 5.74) is 2.69. The van der Waals surface area contributed by atoms with Crippen molar-refractivity contribution in [1.29, 1.82) is 0 Å². The number of fused-ring (bicyclic) bond motifs is 6. The molecule has 20 nitrogen and oxygen atoms in total. The number of benzene rings is 4. The second-order valence-corrected chi connectivity index (χ2v) is 20.6. The van der Waals surface area contributed by atoms with Crippen molar-refractivity contribution in [2.24, 2.45) is 11.8 Å². The third kappa shape index (κ3) is 13.1. The second kappa shape index (κ2) is 26.2. The number of alkyl carbamates (subject to hydrolysis) is 1. The summed E-state index contributed by atoms with van der Waals surface area (Å²) in [7, 11) is 3.03. The summed E-state index contributed by atoms with van der Waals surface area (Å²) >= 11 is 3.22. The molecule has 4 heterocycles. The van der Waals surface area contributed by atoms with E-state index in [1.165, 1.54) is 38.4 Å². The van der Waals surface area contributed by atoms with Crippen LogP contribution in [0.2, 0.25) is 0 Å². The lowest BCUT2D eigenvalue weighted by molar-refractivity contribution is -0.143. The highest BCUT2D eigenvalue weighted by Gasteiger charge is 2.59. The molecule has 0 unspecified atom stereocenters. The van der Waals surface area contributed by atoms with Crippen molar-refractivity contribution in [3.8, 4) is 11.5 Å². The zero-order chi connectivity index (χ0) is 54.3. The maximum atomic E-state index is 14.0. The molecule has 27 heteroatoms. The third-order valence-corrected chi connectivity index (χ3v) is 15.7. The van der Waals surface area contributed by atoms with Crippen molar-refractivity contribution in [3.63, 3.8) is 0 Å². The zero-order valence-electron chi connectivity index (χ0n) is 44.0. The Morgan fingerprint density at radius 2 is 1.10 bits per heavy atom. The lowest BCUT2D eigenvalue weighted by atomic mass is 9.94. The van der Waals surface area contributed by atoms with Gasteiger partial charge in [0.1, 0.15) is 42.9 Å². The number of rotatable bonds is 7. The maximum Gasteiger partial charge on any atom is 0.418 e. The largest absolute Gasteiger partial charge is 0.491 e. The molecule has 4 aliphatic heterocycles. The van der Waals surface area contributed by atoms with E-state index in [1.54, 1.807) is 53.4 Å². The fraction of sp³-hybridized carbons (Fsp3) is 0.407. The normalized spacial score (nSPS) is 22.2. The number of anilines is 2. The van der Waals surface area contributed by atoms with Gasteiger partial charge >= 0.3 is 24.2 Å².